The number of aromatic hydroxyl groups is 1. The molecule has 0 aromatic heterocycles. The monoisotopic (exact) mass is 558 g/mol. The van der Waals surface area contributed by atoms with Gasteiger partial charge in [-0.3, -0.25) is 35.1 Å². The van der Waals surface area contributed by atoms with Crippen molar-refractivity contribution < 1.29 is 34.1 Å². The Hall–Kier alpha value is -5.01. The van der Waals surface area contributed by atoms with Crippen molar-refractivity contribution in [3.8, 4) is 17.2 Å². The third kappa shape index (κ3) is 5.09. The van der Waals surface area contributed by atoms with E-state index in [4.69, 9.17) is 27.9 Å². The summed E-state index contributed by atoms with van der Waals surface area (Å²) in [5.41, 5.74) is -1.44. The van der Waals surface area contributed by atoms with E-state index in [1.807, 2.05) is 5.32 Å². The van der Waals surface area contributed by atoms with E-state index in [1.165, 1.54) is 36.4 Å². The molecule has 4 rings (SSSR count). The lowest BCUT2D eigenvalue weighted by molar-refractivity contribution is -0.394. The van der Waals surface area contributed by atoms with Crippen molar-refractivity contribution >= 4 is 64.2 Å². The van der Waals surface area contributed by atoms with Gasteiger partial charge >= 0.3 is 11.7 Å². The zero-order valence-corrected chi connectivity index (χ0v) is 20.1. The second-order valence-corrected chi connectivity index (χ2v) is 8.37. The third-order valence-corrected chi connectivity index (χ3v) is 5.66. The molecule has 13 nitrogen and oxygen atoms in total. The Morgan fingerprint density at radius 1 is 0.921 bits per heavy atom. The van der Waals surface area contributed by atoms with Crippen molar-refractivity contribution in [2.45, 2.75) is 0 Å². The molecule has 1 fully saturated rings. The number of nitro benzene ring substituents is 2. The smallest absolute Gasteiger partial charge is 0.335 e. The zero-order chi connectivity index (χ0) is 27.7. The molecule has 1 saturated heterocycles. The number of imide groups is 2. The molecule has 3 aromatic rings. The molecule has 3 aromatic carbocycles. The molecule has 15 heteroatoms. The van der Waals surface area contributed by atoms with E-state index < -0.39 is 44.6 Å². The number of nitrogens with one attached hydrogen (secondary N) is 1. The number of nitrogens with zero attached hydrogens (tertiary/aromatic N) is 3. The van der Waals surface area contributed by atoms with Crippen LogP contribution in [0.3, 0.4) is 0 Å². The van der Waals surface area contributed by atoms with Crippen molar-refractivity contribution in [2.24, 2.45) is 0 Å². The number of phenols is 1. The number of non-ortho nitro benzene ring substituents is 1. The molecule has 2 N–H and O–H groups in total. The van der Waals surface area contributed by atoms with E-state index in [2.05, 4.69) is 0 Å². The summed E-state index contributed by atoms with van der Waals surface area (Å²) in [6.07, 6.45) is 1.12. The summed E-state index contributed by atoms with van der Waals surface area (Å²) in [5, 5.41) is 33.5. The van der Waals surface area contributed by atoms with E-state index in [-0.39, 0.29) is 38.5 Å². The first-order chi connectivity index (χ1) is 18.0. The molecule has 0 saturated carbocycles. The van der Waals surface area contributed by atoms with Crippen molar-refractivity contribution in [2.75, 3.05) is 4.90 Å². The number of anilines is 1. The Balaban J connectivity index is 1.68. The molecule has 192 valence electrons. The standard InChI is InChI=1S/C23H12Cl2N4O9/c24-16-8-11(7-15-21(31)26-23(33)27(22(15)32)12-1-4-14(30)5-2-12)9-17(25)20(16)38-19-6-3-13(28(34)35)10-18(19)29(36)37/h1-10,30H,(H,26,31,33)/b15-7+. The van der Waals surface area contributed by atoms with Gasteiger partial charge in [-0.05, 0) is 54.1 Å². The van der Waals surface area contributed by atoms with Crippen LogP contribution in [0.2, 0.25) is 10.0 Å². The number of benzene rings is 3. The number of carbonyl (C=O) groups is 3. The van der Waals surface area contributed by atoms with Gasteiger partial charge in [-0.25, -0.2) is 9.69 Å². The lowest BCUT2D eigenvalue weighted by Gasteiger charge is -2.26. The molecule has 38 heavy (non-hydrogen) atoms. The molecule has 0 radical (unpaired) electrons. The van der Waals surface area contributed by atoms with Gasteiger partial charge in [0, 0.05) is 6.07 Å². The number of carbonyl (C=O) groups excluding carboxylic acids is 3. The van der Waals surface area contributed by atoms with Crippen LogP contribution in [0, 0.1) is 20.2 Å². The minimum absolute atomic E-state index is 0.0909. The maximum absolute atomic E-state index is 13.0. The number of barbiturate groups is 1. The van der Waals surface area contributed by atoms with Crippen LogP contribution in [0.4, 0.5) is 21.9 Å². The topological polar surface area (TPSA) is 182 Å². The maximum Gasteiger partial charge on any atom is 0.335 e. The Morgan fingerprint density at radius 3 is 2.13 bits per heavy atom. The third-order valence-electron chi connectivity index (χ3n) is 5.10. The first kappa shape index (κ1) is 26.1. The lowest BCUT2D eigenvalue weighted by Crippen LogP contribution is -2.54. The molecule has 0 unspecified atom stereocenters. The summed E-state index contributed by atoms with van der Waals surface area (Å²) in [5.74, 6) is -2.65. The number of halogens is 2. The number of phenolic OH excluding ortho intramolecular Hbond substituents is 1. The van der Waals surface area contributed by atoms with Gasteiger partial charge in [0.05, 0.1) is 31.6 Å². The fraction of sp³-hybridized carbons (Fsp3) is 0. The maximum atomic E-state index is 13.0. The van der Waals surface area contributed by atoms with Gasteiger partial charge in [0.1, 0.15) is 11.3 Å². The van der Waals surface area contributed by atoms with E-state index in [1.54, 1.807) is 0 Å². The predicted molar refractivity (Wildman–Crippen MR) is 133 cm³/mol. The average Bonchev–Trinajstić information content (AvgIpc) is 2.85. The normalized spacial score (nSPS) is 14.4. The number of amides is 4. The van der Waals surface area contributed by atoms with E-state index in [0.29, 0.717) is 11.0 Å². The van der Waals surface area contributed by atoms with Crippen LogP contribution in [0.5, 0.6) is 17.2 Å². The summed E-state index contributed by atoms with van der Waals surface area (Å²) in [6, 6.07) is 9.33. The number of hydrogen-bond acceptors (Lipinski definition) is 9. The summed E-state index contributed by atoms with van der Waals surface area (Å²) in [7, 11) is 0. The van der Waals surface area contributed by atoms with Crippen molar-refractivity contribution in [1.82, 2.24) is 5.32 Å². The molecule has 1 heterocycles. The molecule has 4 amide bonds. The summed E-state index contributed by atoms with van der Waals surface area (Å²) >= 11 is 12.5. The van der Waals surface area contributed by atoms with Gasteiger partial charge in [-0.1, -0.05) is 23.2 Å². The molecular weight excluding hydrogens is 547 g/mol. The van der Waals surface area contributed by atoms with E-state index in [9.17, 15) is 39.7 Å². The molecule has 1 aliphatic rings. The van der Waals surface area contributed by atoms with Gasteiger partial charge in [0.25, 0.3) is 17.5 Å². The summed E-state index contributed by atoms with van der Waals surface area (Å²) in [4.78, 5) is 59.1. The van der Waals surface area contributed by atoms with Gasteiger partial charge in [0.15, 0.2) is 5.75 Å². The van der Waals surface area contributed by atoms with Crippen molar-refractivity contribution in [3.63, 3.8) is 0 Å². The summed E-state index contributed by atoms with van der Waals surface area (Å²) in [6.45, 7) is 0. The zero-order valence-electron chi connectivity index (χ0n) is 18.6. The number of nitro groups is 2. The largest absolute Gasteiger partial charge is 0.508 e. The lowest BCUT2D eigenvalue weighted by atomic mass is 10.1. The van der Waals surface area contributed by atoms with Crippen molar-refractivity contribution in [1.29, 1.82) is 0 Å². The Bertz CT molecular complexity index is 1550. The fourth-order valence-electron chi connectivity index (χ4n) is 3.38. The second-order valence-electron chi connectivity index (χ2n) is 7.56. The van der Waals surface area contributed by atoms with Crippen LogP contribution < -0.4 is 15.0 Å². The highest BCUT2D eigenvalue weighted by atomic mass is 35.5. The quantitative estimate of drug-likeness (QED) is 0.182. The molecular formula is C23H12Cl2N4O9. The Labute approximate surface area is 221 Å². The van der Waals surface area contributed by atoms with Crippen LogP contribution in [-0.4, -0.2) is 32.8 Å². The van der Waals surface area contributed by atoms with Gasteiger partial charge in [0.2, 0.25) is 5.75 Å². The van der Waals surface area contributed by atoms with Crippen LogP contribution in [0.1, 0.15) is 5.56 Å². The Kier molecular flexibility index (Phi) is 6.97. The highest BCUT2D eigenvalue weighted by Gasteiger charge is 2.37. The van der Waals surface area contributed by atoms with Crippen LogP contribution in [0.25, 0.3) is 6.08 Å². The van der Waals surface area contributed by atoms with Gasteiger partial charge in [-0.2, -0.15) is 0 Å². The summed E-state index contributed by atoms with van der Waals surface area (Å²) < 4.78 is 5.48. The molecule has 0 aliphatic carbocycles. The molecule has 0 atom stereocenters. The van der Waals surface area contributed by atoms with Crippen molar-refractivity contribution in [3.05, 3.63) is 96.0 Å². The van der Waals surface area contributed by atoms with Crippen LogP contribution in [-0.2, 0) is 9.59 Å². The molecule has 0 spiro atoms. The molecule has 0 bridgehead atoms. The highest BCUT2D eigenvalue weighted by Crippen LogP contribution is 2.41. The minimum Gasteiger partial charge on any atom is -0.508 e. The average molecular weight is 559 g/mol. The Morgan fingerprint density at radius 2 is 1.55 bits per heavy atom. The number of hydrogen-bond donors (Lipinski definition) is 2. The molecule has 1 aliphatic heterocycles. The minimum atomic E-state index is -0.993. The fourth-order valence-corrected chi connectivity index (χ4v) is 3.96. The predicted octanol–water partition coefficient (Wildman–Crippen LogP) is 4.97. The number of rotatable bonds is 6. The van der Waals surface area contributed by atoms with E-state index >= 15 is 0 Å². The SMILES string of the molecule is O=C1NC(=O)N(c2ccc(O)cc2)C(=O)/C1=C/c1cc(Cl)c(Oc2ccc([N+](=O)[O-])cc2[N+](=O)[O-])c(Cl)c1. The highest BCUT2D eigenvalue weighted by molar-refractivity contribution is 6.40. The number of urea groups is 1. The first-order valence-electron chi connectivity index (χ1n) is 10.3. The number of ether oxygens (including phenoxy) is 1. The second kappa shape index (κ2) is 10.2. The first-order valence-corrected chi connectivity index (χ1v) is 11.0. The van der Waals surface area contributed by atoms with E-state index in [0.717, 1.165) is 18.2 Å². The van der Waals surface area contributed by atoms with Gasteiger partial charge < -0.3 is 9.84 Å². The van der Waals surface area contributed by atoms with Crippen LogP contribution >= 0.6 is 23.2 Å². The van der Waals surface area contributed by atoms with Crippen LogP contribution in [0.15, 0.2) is 60.2 Å². The van der Waals surface area contributed by atoms with Gasteiger partial charge in [-0.15, -0.1) is 0 Å².